The Labute approximate surface area is 104 Å². The molecule has 1 fully saturated rings. The molecule has 0 aliphatic heterocycles. The van der Waals surface area contributed by atoms with Crippen LogP contribution in [0.5, 0.6) is 0 Å². The standard InChI is InChI=1S/C13H15N3O2/c1-8-14-12(13(17)18)11-7-6-10(15-16(8)11)9-4-2-3-5-9/h6-7,9H,2-5H2,1H3,(H,17,18). The number of aromatic carboxylic acids is 1. The molecule has 1 saturated carbocycles. The van der Waals surface area contributed by atoms with Gasteiger partial charge in [0.05, 0.1) is 11.2 Å². The first-order valence-corrected chi connectivity index (χ1v) is 6.26. The number of carboxylic acid groups (broad SMARTS) is 1. The van der Waals surface area contributed by atoms with Crippen molar-refractivity contribution in [3.05, 3.63) is 29.3 Å². The van der Waals surface area contributed by atoms with Gasteiger partial charge in [0.1, 0.15) is 5.82 Å². The van der Waals surface area contributed by atoms with Crippen LogP contribution in [0.25, 0.3) is 5.52 Å². The Balaban J connectivity index is 2.12. The smallest absolute Gasteiger partial charge is 0.356 e. The summed E-state index contributed by atoms with van der Waals surface area (Å²) in [4.78, 5) is 15.1. The van der Waals surface area contributed by atoms with Crippen molar-refractivity contribution in [1.29, 1.82) is 0 Å². The van der Waals surface area contributed by atoms with Gasteiger partial charge < -0.3 is 5.11 Å². The van der Waals surface area contributed by atoms with Crippen molar-refractivity contribution in [2.75, 3.05) is 0 Å². The molecule has 3 rings (SSSR count). The van der Waals surface area contributed by atoms with Gasteiger partial charge in [-0.15, -0.1) is 0 Å². The Morgan fingerprint density at radius 1 is 1.39 bits per heavy atom. The lowest BCUT2D eigenvalue weighted by molar-refractivity contribution is 0.0693. The van der Waals surface area contributed by atoms with Crippen LogP contribution in [-0.2, 0) is 0 Å². The van der Waals surface area contributed by atoms with E-state index < -0.39 is 5.97 Å². The molecule has 0 aromatic carbocycles. The van der Waals surface area contributed by atoms with Crippen molar-refractivity contribution in [2.24, 2.45) is 0 Å². The Hall–Kier alpha value is -1.91. The molecule has 0 spiro atoms. The molecule has 5 nitrogen and oxygen atoms in total. The van der Waals surface area contributed by atoms with Crippen LogP contribution in [0.4, 0.5) is 0 Å². The maximum atomic E-state index is 11.1. The number of fused-ring (bicyclic) bond motifs is 1. The van der Waals surface area contributed by atoms with Gasteiger partial charge in [-0.3, -0.25) is 0 Å². The second-order valence-electron chi connectivity index (χ2n) is 4.85. The molecule has 5 heteroatoms. The third kappa shape index (κ3) is 1.66. The van der Waals surface area contributed by atoms with E-state index in [1.54, 1.807) is 11.4 Å². The normalized spacial score (nSPS) is 16.5. The summed E-state index contributed by atoms with van der Waals surface area (Å²) in [6, 6.07) is 3.77. The lowest BCUT2D eigenvalue weighted by Crippen LogP contribution is -2.03. The Bertz CT molecular complexity index is 612. The lowest BCUT2D eigenvalue weighted by atomic mass is 10.0. The summed E-state index contributed by atoms with van der Waals surface area (Å²) in [6.45, 7) is 1.78. The molecule has 2 heterocycles. The quantitative estimate of drug-likeness (QED) is 0.882. The zero-order chi connectivity index (χ0) is 12.7. The van der Waals surface area contributed by atoms with Crippen molar-refractivity contribution < 1.29 is 9.90 Å². The van der Waals surface area contributed by atoms with E-state index >= 15 is 0 Å². The first kappa shape index (κ1) is 11.2. The topological polar surface area (TPSA) is 67.5 Å². The molecule has 0 atom stereocenters. The number of aromatic nitrogens is 3. The van der Waals surface area contributed by atoms with Crippen molar-refractivity contribution in [3.63, 3.8) is 0 Å². The van der Waals surface area contributed by atoms with Crippen molar-refractivity contribution in [1.82, 2.24) is 14.6 Å². The summed E-state index contributed by atoms with van der Waals surface area (Å²) in [5, 5.41) is 13.6. The second-order valence-corrected chi connectivity index (χ2v) is 4.85. The molecule has 2 aromatic rings. The molecule has 0 radical (unpaired) electrons. The van der Waals surface area contributed by atoms with Crippen LogP contribution < -0.4 is 0 Å². The maximum Gasteiger partial charge on any atom is 0.356 e. The number of nitrogens with zero attached hydrogens (tertiary/aromatic N) is 3. The molecule has 1 N–H and O–H groups in total. The number of hydrogen-bond donors (Lipinski definition) is 1. The van der Waals surface area contributed by atoms with Crippen molar-refractivity contribution in [3.8, 4) is 0 Å². The number of carbonyl (C=O) groups is 1. The monoisotopic (exact) mass is 245 g/mol. The summed E-state index contributed by atoms with van der Waals surface area (Å²) in [5.41, 5.74) is 1.71. The van der Waals surface area contributed by atoms with E-state index in [9.17, 15) is 4.79 Å². The van der Waals surface area contributed by atoms with Crippen molar-refractivity contribution in [2.45, 2.75) is 38.5 Å². The first-order valence-electron chi connectivity index (χ1n) is 6.26. The summed E-state index contributed by atoms with van der Waals surface area (Å²) >= 11 is 0. The molecule has 0 saturated heterocycles. The van der Waals surface area contributed by atoms with Crippen LogP contribution in [0.3, 0.4) is 0 Å². The zero-order valence-corrected chi connectivity index (χ0v) is 10.3. The van der Waals surface area contributed by atoms with Gasteiger partial charge >= 0.3 is 5.97 Å². The van der Waals surface area contributed by atoms with Gasteiger partial charge in [-0.2, -0.15) is 5.10 Å². The van der Waals surface area contributed by atoms with Gasteiger partial charge in [0, 0.05) is 5.92 Å². The Morgan fingerprint density at radius 3 is 2.78 bits per heavy atom. The van der Waals surface area contributed by atoms with E-state index in [1.807, 2.05) is 12.1 Å². The summed E-state index contributed by atoms with van der Waals surface area (Å²) < 4.78 is 1.65. The fourth-order valence-corrected chi connectivity index (χ4v) is 2.73. The Kier molecular flexibility index (Phi) is 2.54. The third-order valence-electron chi connectivity index (χ3n) is 3.65. The minimum absolute atomic E-state index is 0.0815. The van der Waals surface area contributed by atoms with Crippen LogP contribution in [0.15, 0.2) is 12.1 Å². The lowest BCUT2D eigenvalue weighted by Gasteiger charge is -2.08. The van der Waals surface area contributed by atoms with E-state index in [1.165, 1.54) is 25.7 Å². The highest BCUT2D eigenvalue weighted by atomic mass is 16.4. The predicted molar refractivity (Wildman–Crippen MR) is 65.9 cm³/mol. The molecule has 0 amide bonds. The van der Waals surface area contributed by atoms with Crippen LogP contribution >= 0.6 is 0 Å². The molecule has 94 valence electrons. The number of carboxylic acids is 1. The van der Waals surface area contributed by atoms with Gasteiger partial charge in [0.2, 0.25) is 0 Å². The second kappa shape index (κ2) is 4.08. The highest BCUT2D eigenvalue weighted by Crippen LogP contribution is 2.33. The van der Waals surface area contributed by atoms with Gasteiger partial charge in [-0.25, -0.2) is 14.3 Å². The van der Waals surface area contributed by atoms with Crippen molar-refractivity contribution >= 4 is 11.5 Å². The summed E-state index contributed by atoms with van der Waals surface area (Å²) in [6.07, 6.45) is 4.87. The van der Waals surface area contributed by atoms with Crippen LogP contribution in [-0.4, -0.2) is 25.7 Å². The zero-order valence-electron chi connectivity index (χ0n) is 10.3. The number of rotatable bonds is 2. The minimum Gasteiger partial charge on any atom is -0.476 e. The van der Waals surface area contributed by atoms with Crippen LogP contribution in [0.2, 0.25) is 0 Å². The molecule has 18 heavy (non-hydrogen) atoms. The average molecular weight is 245 g/mol. The highest BCUT2D eigenvalue weighted by molar-refractivity contribution is 5.93. The molecular formula is C13H15N3O2. The van der Waals surface area contributed by atoms with Gasteiger partial charge in [-0.1, -0.05) is 12.8 Å². The van der Waals surface area contributed by atoms with Crippen LogP contribution in [0, 0.1) is 6.92 Å². The molecule has 0 unspecified atom stereocenters. The Morgan fingerprint density at radius 2 is 2.11 bits per heavy atom. The number of hydrogen-bond acceptors (Lipinski definition) is 3. The third-order valence-corrected chi connectivity index (χ3v) is 3.65. The maximum absolute atomic E-state index is 11.1. The highest BCUT2D eigenvalue weighted by Gasteiger charge is 2.21. The summed E-state index contributed by atoms with van der Waals surface area (Å²) in [5.74, 6) is 0.141. The average Bonchev–Trinajstić information content (AvgIpc) is 2.97. The van der Waals surface area contributed by atoms with E-state index in [-0.39, 0.29) is 5.69 Å². The molecule has 1 aliphatic carbocycles. The molecular weight excluding hydrogens is 230 g/mol. The molecule has 1 aliphatic rings. The fraction of sp³-hybridized carbons (Fsp3) is 0.462. The number of aryl methyl sites for hydroxylation is 1. The molecule has 0 bridgehead atoms. The number of imidazole rings is 1. The van der Waals surface area contributed by atoms with E-state index in [0.717, 1.165) is 5.69 Å². The summed E-state index contributed by atoms with van der Waals surface area (Å²) in [7, 11) is 0. The largest absolute Gasteiger partial charge is 0.476 e. The van der Waals surface area contributed by atoms with E-state index in [0.29, 0.717) is 17.3 Å². The molecule has 2 aromatic heterocycles. The predicted octanol–water partition coefficient (Wildman–Crippen LogP) is 2.39. The van der Waals surface area contributed by atoms with Crippen LogP contribution in [0.1, 0.15) is 53.6 Å². The van der Waals surface area contributed by atoms with Gasteiger partial charge in [-0.05, 0) is 31.9 Å². The van der Waals surface area contributed by atoms with Gasteiger partial charge in [0.15, 0.2) is 5.69 Å². The van der Waals surface area contributed by atoms with E-state index in [2.05, 4.69) is 10.1 Å². The van der Waals surface area contributed by atoms with E-state index in [4.69, 9.17) is 5.11 Å². The fourth-order valence-electron chi connectivity index (χ4n) is 2.73. The SMILES string of the molecule is Cc1nc(C(=O)O)c2ccc(C3CCCC3)nn12. The minimum atomic E-state index is -1.00. The van der Waals surface area contributed by atoms with Gasteiger partial charge in [0.25, 0.3) is 0 Å². The first-order chi connectivity index (χ1) is 8.66.